The molecule has 0 saturated carbocycles. The summed E-state index contributed by atoms with van der Waals surface area (Å²) >= 11 is 4.77. The van der Waals surface area contributed by atoms with E-state index in [2.05, 4.69) is 25.1 Å². The number of aliphatic hydroxyl groups excluding tert-OH is 2. The average Bonchev–Trinajstić information content (AvgIpc) is 1.62. The molecule has 22 nitrogen and oxygen atoms in total. The van der Waals surface area contributed by atoms with Gasteiger partial charge < -0.3 is 63.2 Å². The van der Waals surface area contributed by atoms with Gasteiger partial charge in [0.1, 0.15) is 31.3 Å². The van der Waals surface area contributed by atoms with Crippen LogP contribution in [0, 0.1) is 13.8 Å². The number of carbonyl (C=O) groups excluding carboxylic acids is 6. The van der Waals surface area contributed by atoms with Gasteiger partial charge in [-0.15, -0.1) is 0 Å². The first kappa shape index (κ1) is 67.4. The first-order valence-electron chi connectivity index (χ1n) is 29.9. The summed E-state index contributed by atoms with van der Waals surface area (Å²) in [6.07, 6.45) is 6.20. The number of benzene rings is 3. The fourth-order valence-corrected chi connectivity index (χ4v) is 14.3. The molecule has 0 bridgehead atoms. The summed E-state index contributed by atoms with van der Waals surface area (Å²) in [5, 5.41) is 45.2. The predicted octanol–water partition coefficient (Wildman–Crippen LogP) is 11.5. The molecule has 0 aliphatic carbocycles. The zero-order chi connectivity index (χ0) is 67.1. The van der Waals surface area contributed by atoms with Gasteiger partial charge in [-0.3, -0.25) is 14.4 Å². The van der Waals surface area contributed by atoms with Crippen LogP contribution in [0.1, 0.15) is 78.2 Å². The van der Waals surface area contributed by atoms with Gasteiger partial charge in [0.25, 0.3) is 17.7 Å². The summed E-state index contributed by atoms with van der Waals surface area (Å²) < 4.78 is 37.6. The number of nitrogens with zero attached hydrogens (tertiary/aromatic N) is 6. The third kappa shape index (κ3) is 13.4. The highest BCUT2D eigenvalue weighted by atomic mass is 32.1. The maximum absolute atomic E-state index is 13.6. The Bertz CT molecular complexity index is 3930. The van der Waals surface area contributed by atoms with E-state index in [1.807, 2.05) is 77.2 Å². The molecule has 9 heterocycles. The van der Waals surface area contributed by atoms with E-state index in [1.165, 1.54) is 68.6 Å². The number of hydrogen-bond acceptors (Lipinski definition) is 19. The number of ether oxygens (including phenoxy) is 7. The Labute approximate surface area is 555 Å². The van der Waals surface area contributed by atoms with Gasteiger partial charge in [-0.2, -0.15) is 34.0 Å². The Morgan fingerprint density at radius 3 is 1.41 bits per heavy atom. The van der Waals surface area contributed by atoms with Crippen molar-refractivity contribution in [2.45, 2.75) is 69.9 Å². The molecule has 6 atom stereocenters. The third-order valence-electron chi connectivity index (χ3n) is 16.9. The van der Waals surface area contributed by atoms with Gasteiger partial charge in [0.2, 0.25) is 0 Å². The molecule has 6 amide bonds. The fourth-order valence-electron chi connectivity index (χ4n) is 12.3. The summed E-state index contributed by atoms with van der Waals surface area (Å²) in [6.45, 7) is 15.4. The van der Waals surface area contributed by atoms with Crippen molar-refractivity contribution in [2.24, 2.45) is 0 Å². The molecule has 25 heteroatoms. The number of fused-ring (bicyclic) bond motifs is 6. The second-order valence-electron chi connectivity index (χ2n) is 22.3. The maximum atomic E-state index is 13.6. The van der Waals surface area contributed by atoms with Crippen molar-refractivity contribution in [3.05, 3.63) is 188 Å². The van der Waals surface area contributed by atoms with Gasteiger partial charge >= 0.3 is 18.3 Å². The molecule has 0 saturated heterocycles. The van der Waals surface area contributed by atoms with E-state index in [4.69, 9.17) is 33.2 Å². The highest BCUT2D eigenvalue weighted by Crippen LogP contribution is 2.45. The number of carbonyl (C=O) groups is 6. The van der Waals surface area contributed by atoms with Crippen LogP contribution in [0.2, 0.25) is 0 Å². The first-order valence-corrected chi connectivity index (χ1v) is 32.7. The van der Waals surface area contributed by atoms with Crippen LogP contribution in [0.25, 0.3) is 16.7 Å². The van der Waals surface area contributed by atoms with Crippen molar-refractivity contribution in [1.82, 2.24) is 14.7 Å². The lowest BCUT2D eigenvalue weighted by Gasteiger charge is -2.40. The van der Waals surface area contributed by atoms with E-state index in [-0.39, 0.29) is 71.4 Å². The topological polar surface area (TPSA) is 247 Å². The third-order valence-corrected chi connectivity index (χ3v) is 19.0. The Morgan fingerprint density at radius 2 is 0.968 bits per heavy atom. The van der Waals surface area contributed by atoms with Gasteiger partial charge in [-0.05, 0) is 158 Å². The molecule has 0 fully saturated rings. The minimum Gasteiger partial charge on any atom is -0.504 e. The first-order chi connectivity index (χ1) is 45.4. The van der Waals surface area contributed by atoms with Crippen molar-refractivity contribution in [3.8, 4) is 23.0 Å². The van der Waals surface area contributed by atoms with Crippen LogP contribution in [0.5, 0.6) is 23.0 Å². The van der Waals surface area contributed by atoms with Crippen LogP contribution in [0.3, 0.4) is 0 Å². The van der Waals surface area contributed by atoms with Gasteiger partial charge in [0, 0.05) is 32.8 Å². The van der Waals surface area contributed by atoms with Crippen molar-refractivity contribution >= 4 is 104 Å². The lowest BCUT2D eigenvalue weighted by atomic mass is 9.94. The number of aromatic hydroxyl groups is 1. The van der Waals surface area contributed by atoms with Gasteiger partial charge in [0.15, 0.2) is 30.2 Å². The van der Waals surface area contributed by atoms with E-state index in [9.17, 15) is 44.1 Å². The zero-order valence-corrected chi connectivity index (χ0v) is 55.1. The normalized spacial score (nSPS) is 20.3. The van der Waals surface area contributed by atoms with E-state index in [0.29, 0.717) is 61.8 Å². The second kappa shape index (κ2) is 29.6. The van der Waals surface area contributed by atoms with Gasteiger partial charge in [-0.25, -0.2) is 29.1 Å². The fraction of sp³-hybridized carbons (Fsp3) is 0.304. The molecule has 94 heavy (non-hydrogen) atoms. The summed E-state index contributed by atoms with van der Waals surface area (Å²) in [5.74, 6) is 0.179. The molecule has 3 unspecified atom stereocenters. The number of amides is 6. The second-order valence-corrected chi connectivity index (χ2v) is 24.6. The van der Waals surface area contributed by atoms with Crippen molar-refractivity contribution in [1.29, 1.82) is 0 Å². The van der Waals surface area contributed by atoms with E-state index in [1.54, 1.807) is 73.0 Å². The molecule has 492 valence electrons. The molecular formula is C69H72N6O16S3. The lowest BCUT2D eigenvalue weighted by Crippen LogP contribution is -2.55. The molecule has 3 N–H and O–H groups in total. The highest BCUT2D eigenvalue weighted by Gasteiger charge is 2.48. The van der Waals surface area contributed by atoms with Crippen LogP contribution in [0.4, 0.5) is 31.4 Å². The molecular weight excluding hydrogens is 1260 g/mol. The van der Waals surface area contributed by atoms with Crippen molar-refractivity contribution in [2.75, 3.05) is 82.6 Å². The summed E-state index contributed by atoms with van der Waals surface area (Å²) in [7, 11) is 5.94. The minimum absolute atomic E-state index is 0.00505. The number of phenols is 1. The molecule has 6 aliphatic heterocycles. The predicted molar refractivity (Wildman–Crippen MR) is 360 cm³/mol. The molecule has 3 aromatic carbocycles. The van der Waals surface area contributed by atoms with Crippen molar-refractivity contribution in [3.63, 3.8) is 0 Å². The Hall–Kier alpha value is -9.50. The van der Waals surface area contributed by atoms with Crippen LogP contribution in [0.15, 0.2) is 143 Å². The monoisotopic (exact) mass is 1340 g/mol. The minimum atomic E-state index is -1.32. The smallest absolute Gasteiger partial charge is 0.416 e. The molecule has 6 aromatic rings. The number of aliphatic hydroxyl groups is 2. The number of phenolic OH excluding ortho intramolecular Hbond substituents is 1. The number of methoxy groups -OCH3 is 4. The quantitative estimate of drug-likeness (QED) is 0.0718. The summed E-state index contributed by atoms with van der Waals surface area (Å²) in [5.41, 5.74) is 9.40. The van der Waals surface area contributed by atoms with Crippen LogP contribution < -0.4 is 28.9 Å². The average molecular weight is 1340 g/mol. The number of hydrogen-bond donors (Lipinski definition) is 3. The molecule has 6 aliphatic rings. The standard InChI is InChI=1S/C23H24N2O6S.2C23H24N2O5S/c1-4-8-31-23(28)25-17-12-19(26)20(29-2)11-16(17)21(27)24-7-5-14(15-6-9-32-13-15)10-18(24)22(25)30-3;2*1-4-8-30-23(28)25-18-10-14(2)20(29-3)12-17(18)21(26)24-7-5-15(11-19(24)22(25)27)16-6-9-31-13-16/h4-6,9,11-13,18,22,26H,1,7-8,10H2,2-3H3;4,6,9-13,19,22,27H,1,5,7-8H2,2-3H3;4-6,9-10,12-13,19,22,27H,1,7-8,11H2,2-3H3/t18-,22?;2*19-,22?/m000/s1. The van der Waals surface area contributed by atoms with E-state index < -0.39 is 55.1 Å². The Morgan fingerprint density at radius 1 is 0.553 bits per heavy atom. The van der Waals surface area contributed by atoms with E-state index in [0.717, 1.165) is 49.4 Å². The summed E-state index contributed by atoms with van der Waals surface area (Å²) in [6, 6.07) is 13.6. The molecule has 3 aromatic heterocycles. The van der Waals surface area contributed by atoms with E-state index >= 15 is 0 Å². The van der Waals surface area contributed by atoms with Crippen LogP contribution >= 0.6 is 34.0 Å². The molecule has 12 rings (SSSR count). The number of rotatable bonds is 13. The largest absolute Gasteiger partial charge is 0.504 e. The van der Waals surface area contributed by atoms with Gasteiger partial charge in [0.05, 0.1) is 73.2 Å². The number of aryl methyl sites for hydroxylation is 2. The molecule has 0 spiro atoms. The number of thiophene rings is 3. The SMILES string of the molecule is C=CCOC(=O)N1c2cc(C)c(OC)cc2C(=O)N2CC=C(c3ccsc3)C[C@H]2C1O.C=CCOC(=O)N1c2cc(C)c(OC)cc2C(=O)N2CCC(c3ccsc3)=C[C@H]2C1O.C=CCOC(=O)N1c2cc(O)c(OC)cc2C(=O)N2CC=C(c3ccsc3)C[C@H]2C1OC. The Kier molecular flexibility index (Phi) is 21.2. The van der Waals surface area contributed by atoms with Crippen LogP contribution in [-0.2, 0) is 18.9 Å². The van der Waals surface area contributed by atoms with Crippen molar-refractivity contribution < 1.29 is 77.2 Å². The lowest BCUT2D eigenvalue weighted by molar-refractivity contribution is 0.0175. The highest BCUT2D eigenvalue weighted by molar-refractivity contribution is 7.08. The zero-order valence-electron chi connectivity index (χ0n) is 52.6. The molecule has 0 radical (unpaired) electrons. The maximum Gasteiger partial charge on any atom is 0.416 e. The number of anilines is 3. The van der Waals surface area contributed by atoms with Crippen LogP contribution in [-0.4, -0.2) is 171 Å². The summed E-state index contributed by atoms with van der Waals surface area (Å²) in [4.78, 5) is 88.2. The van der Waals surface area contributed by atoms with Gasteiger partial charge in [-0.1, -0.05) is 56.2 Å². The Balaban J connectivity index is 0.000000154.